The molecule has 17 heavy (non-hydrogen) atoms. The molecule has 0 rings (SSSR count). The number of hydrogen-bond donors (Lipinski definition) is 0. The zero-order chi connectivity index (χ0) is 13.7. The van der Waals surface area contributed by atoms with Gasteiger partial charge in [-0.3, -0.25) is 4.79 Å². The molecule has 0 unspecified atom stereocenters. The van der Waals surface area contributed by atoms with Gasteiger partial charge in [0.1, 0.15) is 0 Å². The first-order valence-corrected chi connectivity index (χ1v) is 6.46. The van der Waals surface area contributed by atoms with E-state index in [9.17, 15) is 30.8 Å². The van der Waals surface area contributed by atoms with Gasteiger partial charge in [-0.05, 0) is 12.8 Å². The number of ether oxygens (including phenoxy) is 1. The minimum atomic E-state index is -5.18. The summed E-state index contributed by atoms with van der Waals surface area (Å²) in [5.41, 5.74) is 0. The predicted octanol–water partition coefficient (Wildman–Crippen LogP) is 1.60. The fourth-order valence-electron chi connectivity index (χ4n) is 0.997. The zero-order valence-corrected chi connectivity index (χ0v) is 9.78. The molecule has 0 fully saturated rings. The van der Waals surface area contributed by atoms with Crippen LogP contribution in [0, 0.1) is 0 Å². The molecule has 0 atom stereocenters. The van der Waals surface area contributed by atoms with E-state index in [1.165, 1.54) is 0 Å². The second-order valence-electron chi connectivity index (χ2n) is 3.42. The van der Waals surface area contributed by atoms with Crippen molar-refractivity contribution in [3.8, 4) is 0 Å². The predicted molar refractivity (Wildman–Crippen MR) is 50.6 cm³/mol. The Hall–Kier alpha value is -0.860. The number of alkyl halides is 4. The second kappa shape index (κ2) is 5.65. The minimum absolute atomic E-state index is 0.0474. The molecular weight excluding hydrogens is 268 g/mol. The second-order valence-corrected chi connectivity index (χ2v) is 5.47. The third-order valence-electron chi connectivity index (χ3n) is 1.96. The molecule has 0 aliphatic heterocycles. The van der Waals surface area contributed by atoms with E-state index in [0.29, 0.717) is 0 Å². The lowest BCUT2D eigenvalue weighted by Gasteiger charge is -2.24. The molecule has 0 saturated heterocycles. The van der Waals surface area contributed by atoms with Crippen LogP contribution in [0.3, 0.4) is 0 Å². The molecule has 102 valence electrons. The van der Waals surface area contributed by atoms with Crippen LogP contribution in [0.5, 0.6) is 0 Å². The Kier molecular flexibility index (Phi) is 5.37. The Labute approximate surface area is 95.9 Å². The largest absolute Gasteiger partial charge is 0.468 e. The molecule has 0 aromatic carbocycles. The normalized spacial score (nSPS) is 13.5. The Morgan fingerprint density at radius 2 is 1.71 bits per heavy atom. The molecule has 0 aliphatic carbocycles. The van der Waals surface area contributed by atoms with Crippen LogP contribution >= 0.6 is 0 Å². The van der Waals surface area contributed by atoms with E-state index in [2.05, 4.69) is 4.74 Å². The lowest BCUT2D eigenvalue weighted by Crippen LogP contribution is -2.46. The Bertz CT molecular complexity index is 353. The summed E-state index contributed by atoms with van der Waals surface area (Å²) in [7, 11) is -5.18. The van der Waals surface area contributed by atoms with Crippen LogP contribution in [-0.4, -0.2) is 38.9 Å². The van der Waals surface area contributed by atoms with E-state index in [0.717, 1.165) is 0 Å². The number of sulfone groups is 1. The molecule has 0 bridgehead atoms. The summed E-state index contributed by atoms with van der Waals surface area (Å²) >= 11 is 0. The monoisotopic (exact) mass is 280 g/mol. The fourth-order valence-corrected chi connectivity index (χ4v) is 1.64. The van der Waals surface area contributed by atoms with Crippen LogP contribution in [0.4, 0.5) is 17.6 Å². The molecule has 0 N–H and O–H groups in total. The molecule has 0 aromatic heterocycles. The van der Waals surface area contributed by atoms with E-state index in [1.54, 1.807) is 0 Å². The minimum Gasteiger partial charge on any atom is -0.468 e. The van der Waals surface area contributed by atoms with Crippen LogP contribution in [0.1, 0.15) is 19.3 Å². The number of halogens is 4. The van der Waals surface area contributed by atoms with Gasteiger partial charge in [0.15, 0.2) is 0 Å². The van der Waals surface area contributed by atoms with Gasteiger partial charge in [0.2, 0.25) is 9.84 Å². The molecule has 4 nitrogen and oxygen atoms in total. The van der Waals surface area contributed by atoms with Crippen molar-refractivity contribution >= 4 is 16.3 Å². The topological polar surface area (TPSA) is 60.4 Å². The van der Waals surface area contributed by atoms with E-state index >= 15 is 0 Å². The summed E-state index contributed by atoms with van der Waals surface area (Å²) in [4.78, 5) is 9.69. The molecule has 0 amide bonds. The van der Waals surface area contributed by atoms with Gasteiger partial charge in [-0.1, -0.05) is 0 Å². The van der Waals surface area contributed by atoms with Gasteiger partial charge in [-0.2, -0.15) is 17.6 Å². The molecule has 0 radical (unpaired) electrons. The first-order chi connectivity index (χ1) is 7.56. The lowest BCUT2D eigenvalue weighted by molar-refractivity contribution is -0.161. The zero-order valence-electron chi connectivity index (χ0n) is 8.96. The number of unbranched alkanes of at least 4 members (excludes halogenated alkanes) is 1. The molecule has 0 aromatic rings. The summed E-state index contributed by atoms with van der Waals surface area (Å²) in [5, 5.41) is -5.09. The van der Waals surface area contributed by atoms with Crippen LogP contribution in [0.2, 0.25) is 0 Å². The summed E-state index contributed by atoms with van der Waals surface area (Å²) < 4.78 is 76.9. The van der Waals surface area contributed by atoms with E-state index in [1.807, 2.05) is 0 Å². The Morgan fingerprint density at radius 3 is 2.12 bits per heavy atom. The third kappa shape index (κ3) is 4.14. The van der Waals surface area contributed by atoms with Gasteiger partial charge in [0.25, 0.3) is 6.47 Å². The number of carbonyl (C=O) groups excluding carboxylic acids is 1. The maximum absolute atomic E-state index is 13.0. The third-order valence-corrected chi connectivity index (χ3v) is 3.19. The van der Waals surface area contributed by atoms with Gasteiger partial charge in [-0.15, -0.1) is 0 Å². The van der Waals surface area contributed by atoms with Crippen molar-refractivity contribution in [2.45, 2.75) is 30.4 Å². The van der Waals surface area contributed by atoms with E-state index < -0.39 is 27.4 Å². The van der Waals surface area contributed by atoms with Gasteiger partial charge in [0.05, 0.1) is 6.61 Å². The standard InChI is InChI=1S/C8H12F4O4S/c1-17(14,15)8(11,12)7(9,10)4-2-3-5-16-6-13/h6H,2-5H2,1H3. The molecular formula is C8H12F4O4S. The molecule has 0 spiro atoms. The van der Waals surface area contributed by atoms with Crippen LogP contribution in [-0.2, 0) is 19.4 Å². The summed E-state index contributed by atoms with van der Waals surface area (Å²) in [6.07, 6.45) is -1.67. The van der Waals surface area contributed by atoms with Crippen molar-refractivity contribution < 1.29 is 35.5 Å². The average Bonchev–Trinajstić information content (AvgIpc) is 2.15. The first kappa shape index (κ1) is 16.1. The van der Waals surface area contributed by atoms with Gasteiger partial charge < -0.3 is 4.74 Å². The quantitative estimate of drug-likeness (QED) is 0.385. The summed E-state index contributed by atoms with van der Waals surface area (Å²) in [5.74, 6) is -4.64. The van der Waals surface area contributed by atoms with Crippen molar-refractivity contribution in [2.24, 2.45) is 0 Å². The van der Waals surface area contributed by atoms with Crippen molar-refractivity contribution in [2.75, 3.05) is 12.9 Å². The summed E-state index contributed by atoms with van der Waals surface area (Å²) in [6, 6.07) is 0. The highest BCUT2D eigenvalue weighted by molar-refractivity contribution is 7.91. The molecule has 0 saturated carbocycles. The number of carbonyl (C=O) groups is 1. The highest BCUT2D eigenvalue weighted by atomic mass is 32.2. The van der Waals surface area contributed by atoms with Gasteiger partial charge in [-0.25, -0.2) is 8.42 Å². The van der Waals surface area contributed by atoms with Crippen molar-refractivity contribution in [1.29, 1.82) is 0 Å². The number of hydrogen-bond acceptors (Lipinski definition) is 4. The first-order valence-electron chi connectivity index (χ1n) is 4.57. The van der Waals surface area contributed by atoms with Crippen molar-refractivity contribution in [1.82, 2.24) is 0 Å². The van der Waals surface area contributed by atoms with Crippen LogP contribution in [0.15, 0.2) is 0 Å². The van der Waals surface area contributed by atoms with Crippen LogP contribution in [0.25, 0.3) is 0 Å². The number of rotatable bonds is 8. The van der Waals surface area contributed by atoms with Crippen molar-refractivity contribution in [3.05, 3.63) is 0 Å². The highest BCUT2D eigenvalue weighted by Gasteiger charge is 2.62. The smallest absolute Gasteiger partial charge is 0.406 e. The maximum Gasteiger partial charge on any atom is 0.406 e. The summed E-state index contributed by atoms with van der Waals surface area (Å²) in [6.45, 7) is -0.0761. The SMILES string of the molecule is CS(=O)(=O)C(F)(F)C(F)(F)CCCCOC=O. The van der Waals surface area contributed by atoms with E-state index in [4.69, 9.17) is 0 Å². The molecule has 0 heterocycles. The van der Waals surface area contributed by atoms with Crippen LogP contribution < -0.4 is 0 Å². The van der Waals surface area contributed by atoms with Crippen molar-refractivity contribution in [3.63, 3.8) is 0 Å². The van der Waals surface area contributed by atoms with Gasteiger partial charge >= 0.3 is 11.2 Å². The van der Waals surface area contributed by atoms with Gasteiger partial charge in [0, 0.05) is 12.7 Å². The molecule has 0 aliphatic rings. The Morgan fingerprint density at radius 1 is 1.18 bits per heavy atom. The molecule has 9 heteroatoms. The lowest BCUT2D eigenvalue weighted by atomic mass is 10.1. The van der Waals surface area contributed by atoms with E-state index in [-0.39, 0.29) is 32.2 Å². The maximum atomic E-state index is 13.0. The Balaban J connectivity index is 4.43. The highest BCUT2D eigenvalue weighted by Crippen LogP contribution is 2.41. The fraction of sp³-hybridized carbons (Fsp3) is 0.875. The average molecular weight is 280 g/mol.